The number of carbonyl (C=O) groups excluding carboxylic acids is 3. The third kappa shape index (κ3) is 21.3. The number of unbranched alkanes of at least 4 members (excludes halogenated alkanes) is 8. The van der Waals surface area contributed by atoms with E-state index in [4.69, 9.17) is 56.5 Å². The molecule has 0 spiro atoms. The maximum absolute atomic E-state index is 14.9. The van der Waals surface area contributed by atoms with Crippen LogP contribution >= 0.6 is 0 Å². The van der Waals surface area contributed by atoms with Gasteiger partial charge in [0.25, 0.3) is 8.32 Å². The molecule has 16 heteroatoms. The van der Waals surface area contributed by atoms with E-state index in [-0.39, 0.29) is 52.2 Å². The number of hydrogen-bond acceptors (Lipinski definition) is 15. The first kappa shape index (κ1) is 73.7. The van der Waals surface area contributed by atoms with Gasteiger partial charge in [0.2, 0.25) is 0 Å². The van der Waals surface area contributed by atoms with Crippen molar-refractivity contribution in [3.8, 4) is 0 Å². The Morgan fingerprint density at radius 2 is 0.687 bits per heavy atom. The summed E-state index contributed by atoms with van der Waals surface area (Å²) >= 11 is 0. The smallest absolute Gasteiger partial charge is 0.338 e. The predicted octanol–water partition coefficient (Wildman–Crippen LogP) is 14.9. The molecular formula is C83H96O15Si. The van der Waals surface area contributed by atoms with E-state index in [0.29, 0.717) is 24.0 Å². The van der Waals surface area contributed by atoms with E-state index < -0.39 is 86.7 Å². The third-order valence-electron chi connectivity index (χ3n) is 18.2. The van der Waals surface area contributed by atoms with Gasteiger partial charge in [-0.1, -0.05) is 284 Å². The number of methoxy groups -OCH3 is 1. The zero-order chi connectivity index (χ0) is 68.9. The molecule has 522 valence electrons. The SMILES string of the molecule is COC(=O)CCCCCCCCCCCO[C@@H]1O[C@H](CO[C@@H]2O[C@H](CO[Si](c3ccccc3)(c3ccccc3)C(C)(C)C)[C@H](OCc3ccccc3)[C@H](OCc3ccccc3)[C@H]2OC(=O)c2ccccc2)[C@H](OCc2ccccc2)[C@H](OCc2ccccc2)[C@H]1OC(=O)c1ccccc1. The van der Waals surface area contributed by atoms with E-state index in [1.165, 1.54) is 7.11 Å². The fourth-order valence-corrected chi connectivity index (χ4v) is 17.6. The number of rotatable bonds is 37. The number of ether oxygens (including phenoxy) is 11. The topological polar surface area (TPSA) is 162 Å². The second-order valence-corrected chi connectivity index (χ2v) is 30.6. The minimum absolute atomic E-state index is 0.00184. The van der Waals surface area contributed by atoms with Crippen LogP contribution in [0.15, 0.2) is 243 Å². The Balaban J connectivity index is 1.03. The summed E-state index contributed by atoms with van der Waals surface area (Å²) in [5.41, 5.74) is 4.18. The van der Waals surface area contributed by atoms with Crippen LogP contribution < -0.4 is 10.4 Å². The van der Waals surface area contributed by atoms with Crippen LogP contribution in [0.5, 0.6) is 0 Å². The number of esters is 3. The van der Waals surface area contributed by atoms with Crippen LogP contribution in [0.3, 0.4) is 0 Å². The highest BCUT2D eigenvalue weighted by Gasteiger charge is 2.56. The van der Waals surface area contributed by atoms with Crippen molar-refractivity contribution in [2.45, 2.75) is 178 Å². The molecule has 2 fully saturated rings. The Morgan fingerprint density at radius 3 is 1.06 bits per heavy atom. The Bertz CT molecular complexity index is 3550. The van der Waals surface area contributed by atoms with Gasteiger partial charge in [0.05, 0.1) is 57.9 Å². The molecule has 8 aromatic rings. The van der Waals surface area contributed by atoms with Crippen molar-refractivity contribution in [2.75, 3.05) is 26.9 Å². The van der Waals surface area contributed by atoms with Crippen molar-refractivity contribution < 1.29 is 70.9 Å². The first-order valence-corrected chi connectivity index (χ1v) is 36.9. The van der Waals surface area contributed by atoms with Gasteiger partial charge in [0, 0.05) is 13.0 Å². The van der Waals surface area contributed by atoms with Gasteiger partial charge >= 0.3 is 17.9 Å². The molecule has 2 saturated heterocycles. The van der Waals surface area contributed by atoms with Gasteiger partial charge in [-0.05, 0) is 74.8 Å². The zero-order valence-electron chi connectivity index (χ0n) is 57.5. The monoisotopic (exact) mass is 1360 g/mol. The molecule has 0 N–H and O–H groups in total. The van der Waals surface area contributed by atoms with Gasteiger partial charge in [0.1, 0.15) is 36.6 Å². The molecule has 8 aromatic carbocycles. The fourth-order valence-electron chi connectivity index (χ4n) is 13.0. The molecule has 0 aliphatic carbocycles. The summed E-state index contributed by atoms with van der Waals surface area (Å²) in [6.45, 7) is 7.19. The average molecular weight is 1360 g/mol. The lowest BCUT2D eigenvalue weighted by Crippen LogP contribution is -2.69. The molecule has 0 unspecified atom stereocenters. The molecule has 0 bridgehead atoms. The molecule has 2 aliphatic heterocycles. The molecule has 99 heavy (non-hydrogen) atoms. The summed E-state index contributed by atoms with van der Waals surface area (Å²) in [5.74, 6) is -1.39. The Morgan fingerprint density at radius 1 is 0.364 bits per heavy atom. The van der Waals surface area contributed by atoms with Crippen LogP contribution in [0, 0.1) is 0 Å². The van der Waals surface area contributed by atoms with Crippen molar-refractivity contribution in [1.82, 2.24) is 0 Å². The Labute approximate surface area is 585 Å². The summed E-state index contributed by atoms with van der Waals surface area (Å²) in [5, 5.41) is 1.72. The van der Waals surface area contributed by atoms with Crippen LogP contribution in [0.2, 0.25) is 5.04 Å². The van der Waals surface area contributed by atoms with Crippen molar-refractivity contribution in [3.05, 3.63) is 276 Å². The predicted molar refractivity (Wildman–Crippen MR) is 382 cm³/mol. The zero-order valence-corrected chi connectivity index (χ0v) is 58.5. The van der Waals surface area contributed by atoms with Crippen molar-refractivity contribution in [1.29, 1.82) is 0 Å². The number of carbonyl (C=O) groups is 3. The molecule has 2 aliphatic rings. The first-order chi connectivity index (χ1) is 48.5. The maximum Gasteiger partial charge on any atom is 0.338 e. The average Bonchev–Trinajstić information content (AvgIpc) is 0.742. The van der Waals surface area contributed by atoms with E-state index in [1.807, 2.05) is 146 Å². The molecular weight excluding hydrogens is 1260 g/mol. The van der Waals surface area contributed by atoms with E-state index in [9.17, 15) is 14.4 Å². The summed E-state index contributed by atoms with van der Waals surface area (Å²) in [4.78, 5) is 41.1. The lowest BCUT2D eigenvalue weighted by Gasteiger charge is -2.49. The Hall–Kier alpha value is -7.97. The standard InChI is InChI=1S/C83H96O15Si/c1-83(2,3)99(68-50-32-18-33-51-68,69-52-34-19-35-53-69)94-61-71-74(90-57-63-40-22-13-23-41-63)76(92-59-65-44-26-15-27-45-65)78(98-80(86)67-48-30-17-31-49-67)82(96-71)93-60-70-73(89-56-62-38-20-12-21-39-62)75(91-58-64-42-24-14-25-43-64)77(97-79(85)66-46-28-16-29-47-66)81(95-70)88-55-37-11-9-7-5-6-8-10-36-54-72(84)87-4/h12-35,38-53,70-71,73-78,81-82H,5-11,36-37,54-61H2,1-4H3/t70-,71-,73+,74+,75+,76+,77-,78-,81-,82-/m1/s1. The second kappa shape index (κ2) is 38.6. The molecule has 10 atom stereocenters. The first-order valence-electron chi connectivity index (χ1n) is 35.0. The van der Waals surface area contributed by atoms with E-state index in [2.05, 4.69) is 69.3 Å². The van der Waals surface area contributed by atoms with Crippen LogP contribution in [0.4, 0.5) is 0 Å². The molecule has 10 rings (SSSR count). The lowest BCUT2D eigenvalue weighted by molar-refractivity contribution is -0.343. The van der Waals surface area contributed by atoms with Crippen molar-refractivity contribution in [2.24, 2.45) is 0 Å². The molecule has 0 amide bonds. The maximum atomic E-state index is 14.9. The minimum Gasteiger partial charge on any atom is -0.469 e. The molecule has 0 aromatic heterocycles. The normalized spacial score (nSPS) is 20.9. The molecule has 0 radical (unpaired) electrons. The van der Waals surface area contributed by atoms with Gasteiger partial charge in [-0.25, -0.2) is 9.59 Å². The van der Waals surface area contributed by atoms with E-state index in [0.717, 1.165) is 84.0 Å². The molecule has 15 nitrogen and oxygen atoms in total. The van der Waals surface area contributed by atoms with Gasteiger partial charge in [-0.15, -0.1) is 0 Å². The van der Waals surface area contributed by atoms with Gasteiger partial charge in [-0.3, -0.25) is 4.79 Å². The second-order valence-electron chi connectivity index (χ2n) is 26.3. The highest BCUT2D eigenvalue weighted by Crippen LogP contribution is 2.40. The largest absolute Gasteiger partial charge is 0.469 e. The van der Waals surface area contributed by atoms with Gasteiger partial charge < -0.3 is 56.5 Å². The summed E-state index contributed by atoms with van der Waals surface area (Å²) in [7, 11) is -1.85. The van der Waals surface area contributed by atoms with Crippen LogP contribution in [0.1, 0.15) is 128 Å². The highest BCUT2D eigenvalue weighted by molar-refractivity contribution is 6.99. The Kier molecular flexibility index (Phi) is 28.7. The minimum atomic E-state index is -3.28. The van der Waals surface area contributed by atoms with Crippen molar-refractivity contribution in [3.63, 3.8) is 0 Å². The quantitative estimate of drug-likeness (QED) is 0.0156. The van der Waals surface area contributed by atoms with E-state index >= 15 is 0 Å². The fraction of sp³-hybridized carbons (Fsp3) is 0.386. The summed E-state index contributed by atoms with van der Waals surface area (Å²) in [6, 6.07) is 77.8. The van der Waals surface area contributed by atoms with Crippen LogP contribution in [-0.4, -0.2) is 115 Å². The highest BCUT2D eigenvalue weighted by atomic mass is 28.4. The summed E-state index contributed by atoms with van der Waals surface area (Å²) < 4.78 is 83.3. The lowest BCUT2D eigenvalue weighted by atomic mass is 9.96. The number of hydrogen-bond donors (Lipinski definition) is 0. The van der Waals surface area contributed by atoms with Crippen LogP contribution in [0.25, 0.3) is 0 Å². The molecule has 0 saturated carbocycles. The van der Waals surface area contributed by atoms with Crippen molar-refractivity contribution >= 4 is 36.6 Å². The third-order valence-corrected chi connectivity index (χ3v) is 23.2. The van der Waals surface area contributed by atoms with Gasteiger partial charge in [-0.2, -0.15) is 0 Å². The summed E-state index contributed by atoms with van der Waals surface area (Å²) in [6.07, 6.45) is -1.85. The number of benzene rings is 8. The van der Waals surface area contributed by atoms with Gasteiger partial charge in [0.15, 0.2) is 24.8 Å². The van der Waals surface area contributed by atoms with E-state index in [1.54, 1.807) is 48.5 Å². The van der Waals surface area contributed by atoms with Crippen LogP contribution in [-0.2, 0) is 87.8 Å². The molecule has 2 heterocycles.